The number of hydrogen-bond acceptors (Lipinski definition) is 4. The Kier molecular flexibility index (Phi) is 4.72. The molecule has 0 aliphatic rings. The van der Waals surface area contributed by atoms with E-state index in [2.05, 4.69) is 0 Å². The molecule has 0 aliphatic heterocycles. The van der Waals surface area contributed by atoms with Crippen LogP contribution in [0.5, 0.6) is 11.5 Å². The van der Waals surface area contributed by atoms with Crippen molar-refractivity contribution in [3.8, 4) is 11.5 Å². The van der Waals surface area contributed by atoms with Gasteiger partial charge in [-0.3, -0.25) is 4.21 Å². The topological polar surface area (TPSA) is 72.8 Å². The largest absolute Gasteiger partial charge is 0.760 e. The minimum absolute atomic E-state index is 0.130. The Morgan fingerprint density at radius 1 is 1.50 bits per heavy atom. The van der Waals surface area contributed by atoms with Crippen molar-refractivity contribution in [2.45, 2.75) is 19.3 Å². The van der Waals surface area contributed by atoms with Crippen LogP contribution in [0.3, 0.4) is 0 Å². The summed E-state index contributed by atoms with van der Waals surface area (Å²) < 4.78 is 28.0. The summed E-state index contributed by atoms with van der Waals surface area (Å²) in [4.78, 5) is 0. The van der Waals surface area contributed by atoms with Gasteiger partial charge >= 0.3 is 0 Å². The fourth-order valence-electron chi connectivity index (χ4n) is 1.88. The molecule has 1 aromatic rings. The second-order valence-electron chi connectivity index (χ2n) is 4.77. The molecule has 0 amide bonds. The fraction of sp³-hybridized carbons (Fsp3) is 0.500. The lowest BCUT2D eigenvalue weighted by Gasteiger charge is -2.32. The molecule has 0 saturated heterocycles. The number of methoxy groups -OCH3 is 1. The second-order valence-corrected chi connectivity index (χ2v) is 5.83. The molecule has 0 heterocycles. The van der Waals surface area contributed by atoms with E-state index in [9.17, 15) is 13.9 Å². The Bertz CT molecular complexity index is 448. The van der Waals surface area contributed by atoms with Gasteiger partial charge in [-0.2, -0.15) is 0 Å². The highest BCUT2D eigenvalue weighted by Crippen LogP contribution is 2.34. The van der Waals surface area contributed by atoms with Crippen molar-refractivity contribution in [2.75, 3.05) is 20.7 Å². The third-order valence-electron chi connectivity index (χ3n) is 2.81. The summed E-state index contributed by atoms with van der Waals surface area (Å²) in [5.41, 5.74) is 0.132. The lowest BCUT2D eigenvalue weighted by molar-refractivity contribution is 0.345. The van der Waals surface area contributed by atoms with Crippen LogP contribution in [0.1, 0.15) is 19.4 Å². The van der Waals surface area contributed by atoms with Crippen molar-refractivity contribution >= 4 is 11.3 Å². The number of phenols is 1. The highest BCUT2D eigenvalue weighted by Gasteiger charge is 2.26. The van der Waals surface area contributed by atoms with E-state index in [4.69, 9.17) is 4.74 Å². The van der Waals surface area contributed by atoms with Gasteiger partial charge in [-0.1, -0.05) is 13.8 Å². The Morgan fingerprint density at radius 2 is 2.11 bits per heavy atom. The predicted octanol–water partition coefficient (Wildman–Crippen LogP) is 1.40. The van der Waals surface area contributed by atoms with Crippen LogP contribution in [0.15, 0.2) is 18.2 Å². The van der Waals surface area contributed by atoms with Crippen LogP contribution in [0.2, 0.25) is 0 Å². The molecular formula is C12H18NO4S-. The summed E-state index contributed by atoms with van der Waals surface area (Å²) in [7, 11) is 3.03. The van der Waals surface area contributed by atoms with Gasteiger partial charge in [-0.15, -0.1) is 0 Å². The quantitative estimate of drug-likeness (QED) is 0.822. The molecule has 1 aromatic carbocycles. The van der Waals surface area contributed by atoms with Gasteiger partial charge in [-0.25, -0.2) is 4.31 Å². The van der Waals surface area contributed by atoms with Crippen molar-refractivity contribution in [3.05, 3.63) is 23.8 Å². The Hall–Kier alpha value is -1.11. The lowest BCUT2D eigenvalue weighted by Crippen LogP contribution is -2.35. The monoisotopic (exact) mass is 272 g/mol. The van der Waals surface area contributed by atoms with Gasteiger partial charge in [0, 0.05) is 28.8 Å². The van der Waals surface area contributed by atoms with Gasteiger partial charge in [0.15, 0.2) is 0 Å². The van der Waals surface area contributed by atoms with Crippen molar-refractivity contribution in [3.63, 3.8) is 0 Å². The molecule has 0 radical (unpaired) electrons. The number of rotatable bonds is 5. The van der Waals surface area contributed by atoms with Gasteiger partial charge in [0.05, 0.1) is 7.11 Å². The first-order chi connectivity index (χ1) is 8.27. The summed E-state index contributed by atoms with van der Waals surface area (Å²) in [6, 6.07) is 4.92. The fourth-order valence-corrected chi connectivity index (χ4v) is 2.31. The zero-order valence-electron chi connectivity index (χ0n) is 11.0. The number of phenolic OH excluding ortho intramolecular Hbond substituents is 1. The molecule has 102 valence electrons. The molecule has 1 rings (SSSR count). The Balaban J connectivity index is 3.06. The molecule has 1 unspecified atom stereocenters. The average molecular weight is 272 g/mol. The number of aromatic hydroxyl groups is 1. The van der Waals surface area contributed by atoms with E-state index in [1.54, 1.807) is 25.3 Å². The van der Waals surface area contributed by atoms with E-state index in [0.29, 0.717) is 11.3 Å². The first kappa shape index (κ1) is 14.9. The number of ether oxygens (including phenoxy) is 1. The highest BCUT2D eigenvalue weighted by atomic mass is 32.2. The Morgan fingerprint density at radius 3 is 2.61 bits per heavy atom. The zero-order valence-corrected chi connectivity index (χ0v) is 11.8. The first-order valence-corrected chi connectivity index (χ1v) is 6.49. The summed E-state index contributed by atoms with van der Waals surface area (Å²) in [5, 5.41) is 9.89. The third kappa shape index (κ3) is 3.44. The van der Waals surface area contributed by atoms with Crippen LogP contribution < -0.4 is 4.74 Å². The van der Waals surface area contributed by atoms with E-state index >= 15 is 0 Å². The van der Waals surface area contributed by atoms with Crippen LogP contribution in [0.4, 0.5) is 0 Å². The SMILES string of the molecule is COc1ccc(O)c(C(C)(C)CN(C)S(=O)[O-])c1. The zero-order chi connectivity index (χ0) is 13.9. The molecule has 5 nitrogen and oxygen atoms in total. The number of benzene rings is 1. The molecule has 0 bridgehead atoms. The van der Waals surface area contributed by atoms with E-state index in [-0.39, 0.29) is 12.3 Å². The summed E-state index contributed by atoms with van der Waals surface area (Å²) in [6.07, 6.45) is 0. The van der Waals surface area contributed by atoms with Crippen molar-refractivity contribution in [2.24, 2.45) is 0 Å². The normalized spacial score (nSPS) is 13.7. The molecule has 0 fully saturated rings. The van der Waals surface area contributed by atoms with Crippen LogP contribution in [0, 0.1) is 0 Å². The first-order valence-electron chi connectivity index (χ1n) is 5.46. The van der Waals surface area contributed by atoms with Crippen LogP contribution in [-0.4, -0.2) is 38.9 Å². The van der Waals surface area contributed by atoms with Gasteiger partial charge in [0.25, 0.3) is 0 Å². The maximum atomic E-state index is 10.9. The van der Waals surface area contributed by atoms with Gasteiger partial charge < -0.3 is 14.4 Å². The van der Waals surface area contributed by atoms with Gasteiger partial charge in [0.2, 0.25) is 0 Å². The van der Waals surface area contributed by atoms with Crippen molar-refractivity contribution < 1.29 is 18.6 Å². The lowest BCUT2D eigenvalue weighted by atomic mass is 9.84. The van der Waals surface area contributed by atoms with Gasteiger partial charge in [0.1, 0.15) is 11.5 Å². The van der Waals surface area contributed by atoms with E-state index in [1.807, 2.05) is 13.8 Å². The highest BCUT2D eigenvalue weighted by molar-refractivity contribution is 7.76. The van der Waals surface area contributed by atoms with Crippen molar-refractivity contribution in [1.29, 1.82) is 0 Å². The Labute approximate surface area is 110 Å². The molecule has 18 heavy (non-hydrogen) atoms. The smallest absolute Gasteiger partial charge is 0.119 e. The second kappa shape index (κ2) is 5.69. The molecule has 1 N–H and O–H groups in total. The maximum absolute atomic E-state index is 10.9. The molecular weight excluding hydrogens is 254 g/mol. The number of hydrogen-bond donors (Lipinski definition) is 1. The van der Waals surface area contributed by atoms with Crippen LogP contribution in [0.25, 0.3) is 0 Å². The average Bonchev–Trinajstić information content (AvgIpc) is 2.28. The molecule has 0 aromatic heterocycles. The molecule has 1 atom stereocenters. The van der Waals surface area contributed by atoms with E-state index in [0.717, 1.165) is 0 Å². The molecule has 0 aliphatic carbocycles. The summed E-state index contributed by atoms with van der Waals surface area (Å²) in [5.74, 6) is 0.757. The standard InChI is InChI=1S/C12H19NO4S/c1-12(2,8-13(3)18(15)16)10-7-9(17-4)5-6-11(10)14/h5-7,14H,8H2,1-4H3,(H,15,16)/p-1. The van der Waals surface area contributed by atoms with Gasteiger partial charge in [-0.05, 0) is 25.2 Å². The minimum Gasteiger partial charge on any atom is -0.760 e. The van der Waals surface area contributed by atoms with E-state index in [1.165, 1.54) is 11.4 Å². The van der Waals surface area contributed by atoms with E-state index < -0.39 is 16.7 Å². The number of likely N-dealkylation sites (N-methyl/N-ethyl adjacent to an activating group) is 1. The maximum Gasteiger partial charge on any atom is 0.119 e. The molecule has 0 saturated carbocycles. The number of nitrogens with zero attached hydrogens (tertiary/aromatic N) is 1. The van der Waals surface area contributed by atoms with Crippen molar-refractivity contribution in [1.82, 2.24) is 4.31 Å². The molecule has 0 spiro atoms. The molecule has 6 heteroatoms. The third-order valence-corrected chi connectivity index (χ3v) is 3.44. The minimum atomic E-state index is -2.27. The predicted molar refractivity (Wildman–Crippen MR) is 69.2 cm³/mol. The summed E-state index contributed by atoms with van der Waals surface area (Å²) >= 11 is -2.27. The summed E-state index contributed by atoms with van der Waals surface area (Å²) in [6.45, 7) is 4.00. The van der Waals surface area contributed by atoms with Crippen LogP contribution in [-0.2, 0) is 16.7 Å². The van der Waals surface area contributed by atoms with Crippen LogP contribution >= 0.6 is 0 Å².